The van der Waals surface area contributed by atoms with E-state index in [-0.39, 0.29) is 17.1 Å². The van der Waals surface area contributed by atoms with Crippen LogP contribution in [0.4, 0.5) is 10.1 Å². The van der Waals surface area contributed by atoms with Crippen LogP contribution < -0.4 is 15.2 Å². The molecule has 0 aliphatic rings. The average Bonchev–Trinajstić information content (AvgIpc) is 2.83. The Morgan fingerprint density at radius 1 is 1.43 bits per heavy atom. The second-order valence-electron chi connectivity index (χ2n) is 4.33. The number of nitrogens with two attached hydrogens (primary N) is 1. The van der Waals surface area contributed by atoms with Crippen LogP contribution in [0.2, 0.25) is 0 Å². The minimum absolute atomic E-state index is 0.106. The molecule has 0 unspecified atom stereocenters. The van der Waals surface area contributed by atoms with Crippen LogP contribution in [0.15, 0.2) is 28.5 Å². The van der Waals surface area contributed by atoms with Crippen molar-refractivity contribution in [3.05, 3.63) is 39.8 Å². The van der Waals surface area contributed by atoms with Crippen molar-refractivity contribution < 1.29 is 17.5 Å². The molecule has 114 valence electrons. The van der Waals surface area contributed by atoms with E-state index in [1.165, 1.54) is 30.6 Å². The fraction of sp³-hybridized carbons (Fsp3) is 0.231. The number of benzene rings is 1. The number of anilines is 1. The summed E-state index contributed by atoms with van der Waals surface area (Å²) in [6, 6.07) is 3.84. The van der Waals surface area contributed by atoms with Crippen molar-refractivity contribution in [3.8, 4) is 5.75 Å². The van der Waals surface area contributed by atoms with E-state index in [9.17, 15) is 12.8 Å². The Labute approximate surface area is 126 Å². The number of methoxy groups -OCH3 is 1. The fourth-order valence-corrected chi connectivity index (χ4v) is 4.66. The Bertz CT molecular complexity index is 757. The van der Waals surface area contributed by atoms with Gasteiger partial charge in [-0.25, -0.2) is 12.8 Å². The Hall–Kier alpha value is -1.64. The minimum atomic E-state index is -3.91. The van der Waals surface area contributed by atoms with E-state index < -0.39 is 15.8 Å². The molecule has 0 aliphatic carbocycles. The van der Waals surface area contributed by atoms with E-state index in [1.807, 2.05) is 0 Å². The van der Waals surface area contributed by atoms with E-state index in [2.05, 4.69) is 4.72 Å². The third-order valence-corrected chi connectivity index (χ3v) is 5.71. The van der Waals surface area contributed by atoms with Gasteiger partial charge in [-0.3, -0.25) is 4.72 Å². The van der Waals surface area contributed by atoms with E-state index in [0.29, 0.717) is 16.2 Å². The summed E-state index contributed by atoms with van der Waals surface area (Å²) in [4.78, 5) is 0.639. The quantitative estimate of drug-likeness (QED) is 0.882. The fourth-order valence-electron chi connectivity index (χ4n) is 1.89. The molecule has 2 aromatic rings. The predicted molar refractivity (Wildman–Crippen MR) is 80.7 cm³/mol. The zero-order chi connectivity index (χ0) is 15.6. The van der Waals surface area contributed by atoms with Crippen LogP contribution in [0, 0.1) is 12.7 Å². The van der Waals surface area contributed by atoms with Crippen molar-refractivity contribution in [2.24, 2.45) is 5.73 Å². The van der Waals surface area contributed by atoms with E-state index in [1.54, 1.807) is 12.3 Å². The number of nitrogens with one attached hydrogen (secondary N) is 1. The van der Waals surface area contributed by atoms with Gasteiger partial charge in [-0.1, -0.05) is 0 Å². The molecule has 0 atom stereocenters. The number of aryl methyl sites for hydroxylation is 1. The summed E-state index contributed by atoms with van der Waals surface area (Å²) in [6.07, 6.45) is 0. The maximum absolute atomic E-state index is 13.8. The third kappa shape index (κ3) is 3.17. The molecule has 0 spiro atoms. The summed E-state index contributed by atoms with van der Waals surface area (Å²) >= 11 is 1.26. The Morgan fingerprint density at radius 3 is 2.76 bits per heavy atom. The Kier molecular flexibility index (Phi) is 4.50. The maximum atomic E-state index is 13.8. The summed E-state index contributed by atoms with van der Waals surface area (Å²) < 4.78 is 45.9. The number of hydrogen-bond acceptors (Lipinski definition) is 5. The smallest absolute Gasteiger partial charge is 0.263 e. The van der Waals surface area contributed by atoms with Gasteiger partial charge in [0, 0.05) is 17.5 Å². The summed E-state index contributed by atoms with van der Waals surface area (Å²) in [5.74, 6) is -0.322. The normalized spacial score (nSPS) is 11.4. The molecular formula is C13H15FN2O3S2. The van der Waals surface area contributed by atoms with Crippen LogP contribution in [0.25, 0.3) is 0 Å². The minimum Gasteiger partial charge on any atom is -0.497 e. The molecule has 0 amide bonds. The van der Waals surface area contributed by atoms with Crippen molar-refractivity contribution in [2.75, 3.05) is 11.8 Å². The SMILES string of the molecule is COc1ccc(F)c(NS(=O)(=O)c2c(C)csc2CN)c1. The Morgan fingerprint density at radius 2 is 2.14 bits per heavy atom. The largest absolute Gasteiger partial charge is 0.497 e. The van der Waals surface area contributed by atoms with Gasteiger partial charge < -0.3 is 10.5 Å². The monoisotopic (exact) mass is 330 g/mol. The summed E-state index contributed by atoms with van der Waals surface area (Å²) in [6.45, 7) is 1.78. The van der Waals surface area contributed by atoms with E-state index in [0.717, 1.165) is 6.07 Å². The van der Waals surface area contributed by atoms with Gasteiger partial charge in [-0.05, 0) is 30.0 Å². The molecule has 0 fully saturated rings. The van der Waals surface area contributed by atoms with E-state index >= 15 is 0 Å². The number of halogens is 1. The highest BCUT2D eigenvalue weighted by Gasteiger charge is 2.23. The highest BCUT2D eigenvalue weighted by molar-refractivity contribution is 7.93. The van der Waals surface area contributed by atoms with Gasteiger partial charge in [-0.15, -0.1) is 11.3 Å². The first-order valence-electron chi connectivity index (χ1n) is 6.02. The van der Waals surface area contributed by atoms with Crippen LogP contribution >= 0.6 is 11.3 Å². The first kappa shape index (κ1) is 15.7. The summed E-state index contributed by atoms with van der Waals surface area (Å²) in [5, 5.41) is 1.71. The lowest BCUT2D eigenvalue weighted by Crippen LogP contribution is -2.16. The van der Waals surface area contributed by atoms with Gasteiger partial charge in [0.15, 0.2) is 0 Å². The van der Waals surface area contributed by atoms with Gasteiger partial charge in [0.2, 0.25) is 0 Å². The molecule has 8 heteroatoms. The lowest BCUT2D eigenvalue weighted by Gasteiger charge is -2.11. The molecule has 2 rings (SSSR count). The second kappa shape index (κ2) is 6.00. The first-order valence-corrected chi connectivity index (χ1v) is 8.38. The van der Waals surface area contributed by atoms with Gasteiger partial charge in [0.1, 0.15) is 16.5 Å². The average molecular weight is 330 g/mol. The molecule has 0 saturated heterocycles. The zero-order valence-corrected chi connectivity index (χ0v) is 13.1. The highest BCUT2D eigenvalue weighted by atomic mass is 32.2. The van der Waals surface area contributed by atoms with Crippen LogP contribution in [-0.2, 0) is 16.6 Å². The van der Waals surface area contributed by atoms with Crippen molar-refractivity contribution in [1.29, 1.82) is 0 Å². The number of sulfonamides is 1. The maximum Gasteiger partial charge on any atom is 0.263 e. The third-order valence-electron chi connectivity index (χ3n) is 2.86. The Balaban J connectivity index is 2.44. The van der Waals surface area contributed by atoms with Gasteiger partial charge in [-0.2, -0.15) is 0 Å². The van der Waals surface area contributed by atoms with Crippen LogP contribution in [0.1, 0.15) is 10.4 Å². The van der Waals surface area contributed by atoms with Gasteiger partial charge >= 0.3 is 0 Å². The van der Waals surface area contributed by atoms with Crippen molar-refractivity contribution in [2.45, 2.75) is 18.4 Å². The number of ether oxygens (including phenoxy) is 1. The standard InChI is InChI=1S/C13H15FN2O3S2/c1-8-7-20-12(6-15)13(8)21(17,18)16-11-5-9(19-2)3-4-10(11)14/h3-5,7,16H,6,15H2,1-2H3. The molecular weight excluding hydrogens is 315 g/mol. The van der Waals surface area contributed by atoms with Crippen molar-refractivity contribution >= 4 is 27.0 Å². The first-order chi connectivity index (χ1) is 9.89. The summed E-state index contributed by atoms with van der Waals surface area (Å²) in [5.41, 5.74) is 5.97. The van der Waals surface area contributed by atoms with Crippen molar-refractivity contribution in [3.63, 3.8) is 0 Å². The second-order valence-corrected chi connectivity index (χ2v) is 6.91. The molecule has 21 heavy (non-hydrogen) atoms. The molecule has 1 aromatic carbocycles. The van der Waals surface area contributed by atoms with E-state index in [4.69, 9.17) is 10.5 Å². The van der Waals surface area contributed by atoms with Gasteiger partial charge in [0.25, 0.3) is 10.0 Å². The zero-order valence-electron chi connectivity index (χ0n) is 11.5. The molecule has 1 heterocycles. The molecule has 0 bridgehead atoms. The highest BCUT2D eigenvalue weighted by Crippen LogP contribution is 2.30. The summed E-state index contributed by atoms with van der Waals surface area (Å²) in [7, 11) is -2.49. The van der Waals surface area contributed by atoms with Crippen molar-refractivity contribution in [1.82, 2.24) is 0 Å². The molecule has 3 N–H and O–H groups in total. The van der Waals surface area contributed by atoms with Gasteiger partial charge in [0.05, 0.1) is 12.8 Å². The molecule has 0 saturated carbocycles. The lowest BCUT2D eigenvalue weighted by atomic mass is 10.3. The topological polar surface area (TPSA) is 81.4 Å². The lowest BCUT2D eigenvalue weighted by molar-refractivity contribution is 0.414. The van der Waals surface area contributed by atoms with Crippen LogP contribution in [0.5, 0.6) is 5.75 Å². The van der Waals surface area contributed by atoms with Crippen LogP contribution in [-0.4, -0.2) is 15.5 Å². The molecule has 0 aliphatic heterocycles. The number of hydrogen-bond donors (Lipinski definition) is 2. The molecule has 0 radical (unpaired) electrons. The number of rotatable bonds is 5. The molecule has 1 aromatic heterocycles. The predicted octanol–water partition coefficient (Wildman–Crippen LogP) is 2.46. The molecule has 5 nitrogen and oxygen atoms in total. The van der Waals surface area contributed by atoms with Crippen LogP contribution in [0.3, 0.4) is 0 Å². The number of thiophene rings is 1.